The van der Waals surface area contributed by atoms with Crippen LogP contribution in [0.2, 0.25) is 0 Å². The molecule has 1 N–H and O–H groups in total. The number of esters is 2. The number of thioether (sulfide) groups is 1. The smallest absolute Gasteiger partial charge is 0.326 e. The number of rotatable bonds is 14. The van der Waals surface area contributed by atoms with Crippen molar-refractivity contribution in [3.05, 3.63) is 50.9 Å². The average Bonchev–Trinajstić information content (AvgIpc) is 2.84. The first-order chi connectivity index (χ1) is 17.5. The first-order valence-electron chi connectivity index (χ1n) is 12.0. The van der Waals surface area contributed by atoms with Crippen molar-refractivity contribution in [1.29, 1.82) is 0 Å². The number of carbonyl (C=O) groups is 4. The Morgan fingerprint density at radius 1 is 1.19 bits per heavy atom. The molecule has 12 heteroatoms. The summed E-state index contributed by atoms with van der Waals surface area (Å²) in [6.07, 6.45) is 0.958. The summed E-state index contributed by atoms with van der Waals surface area (Å²) >= 11 is 1.38. The van der Waals surface area contributed by atoms with Crippen LogP contribution in [0.15, 0.2) is 35.2 Å². The van der Waals surface area contributed by atoms with Crippen LogP contribution < -0.4 is 5.32 Å². The Balaban J connectivity index is 1.99. The third-order valence-corrected chi connectivity index (χ3v) is 6.35. The van der Waals surface area contributed by atoms with E-state index < -0.39 is 23.0 Å². The zero-order valence-electron chi connectivity index (χ0n) is 21.4. The molecular formula is C25H33N3O8S. The summed E-state index contributed by atoms with van der Waals surface area (Å²) in [5.41, 5.74) is 1.25. The van der Waals surface area contributed by atoms with E-state index in [1.54, 1.807) is 20.8 Å². The zero-order valence-corrected chi connectivity index (χ0v) is 22.2. The SMILES string of the molecule is CCCC(=O)NC1C(=O)N(CC(=O)OCc2ccc([N+](=O)[O-])cc2)C1C(C)=CSCCC(=O)OC(C)C. The van der Waals surface area contributed by atoms with Crippen molar-refractivity contribution >= 4 is 41.2 Å². The lowest BCUT2D eigenvalue weighted by molar-refractivity contribution is -0.384. The molecular weight excluding hydrogens is 502 g/mol. The molecule has 2 atom stereocenters. The van der Waals surface area contributed by atoms with Crippen molar-refractivity contribution in [2.45, 2.75) is 71.8 Å². The predicted octanol–water partition coefficient (Wildman–Crippen LogP) is 3.11. The van der Waals surface area contributed by atoms with Crippen LogP contribution >= 0.6 is 11.8 Å². The third kappa shape index (κ3) is 9.19. The second-order valence-corrected chi connectivity index (χ2v) is 9.79. The maximum Gasteiger partial charge on any atom is 0.326 e. The van der Waals surface area contributed by atoms with E-state index in [4.69, 9.17) is 9.47 Å². The fourth-order valence-electron chi connectivity index (χ4n) is 3.63. The Labute approximate surface area is 220 Å². The molecule has 1 aromatic carbocycles. The van der Waals surface area contributed by atoms with E-state index in [-0.39, 0.29) is 55.6 Å². The van der Waals surface area contributed by atoms with Gasteiger partial charge in [0.25, 0.3) is 5.69 Å². The molecule has 1 aliphatic rings. The van der Waals surface area contributed by atoms with Gasteiger partial charge in [-0.3, -0.25) is 29.3 Å². The van der Waals surface area contributed by atoms with E-state index in [1.165, 1.54) is 40.9 Å². The second-order valence-electron chi connectivity index (χ2n) is 8.81. The van der Waals surface area contributed by atoms with Gasteiger partial charge >= 0.3 is 11.9 Å². The molecule has 202 valence electrons. The number of carbonyl (C=O) groups excluding carboxylic acids is 4. The quantitative estimate of drug-likeness (QED) is 0.125. The van der Waals surface area contributed by atoms with E-state index in [2.05, 4.69) is 5.32 Å². The topological polar surface area (TPSA) is 145 Å². The Hall–Kier alpha value is -3.41. The van der Waals surface area contributed by atoms with Gasteiger partial charge in [-0.25, -0.2) is 0 Å². The molecule has 1 aromatic rings. The van der Waals surface area contributed by atoms with Gasteiger partial charge in [0.2, 0.25) is 11.8 Å². The summed E-state index contributed by atoms with van der Waals surface area (Å²) in [7, 11) is 0. The van der Waals surface area contributed by atoms with Gasteiger partial charge in [-0.1, -0.05) is 6.92 Å². The summed E-state index contributed by atoms with van der Waals surface area (Å²) in [4.78, 5) is 60.7. The highest BCUT2D eigenvalue weighted by Crippen LogP contribution is 2.28. The van der Waals surface area contributed by atoms with Crippen molar-refractivity contribution in [3.8, 4) is 0 Å². The number of non-ortho nitro benzene ring substituents is 1. The first kappa shape index (κ1) is 29.8. The average molecular weight is 536 g/mol. The summed E-state index contributed by atoms with van der Waals surface area (Å²) in [6, 6.07) is 4.29. The summed E-state index contributed by atoms with van der Waals surface area (Å²) in [5.74, 6) is -1.10. The Kier molecular flexibility index (Phi) is 11.6. The Bertz CT molecular complexity index is 1030. The molecule has 1 heterocycles. The number of hydrogen-bond acceptors (Lipinski definition) is 9. The Morgan fingerprint density at radius 3 is 2.46 bits per heavy atom. The third-order valence-electron chi connectivity index (χ3n) is 5.37. The number of nitro groups is 1. The van der Waals surface area contributed by atoms with E-state index in [9.17, 15) is 29.3 Å². The number of nitrogens with zero attached hydrogens (tertiary/aromatic N) is 2. The largest absolute Gasteiger partial charge is 0.463 e. The molecule has 0 saturated carbocycles. The monoisotopic (exact) mass is 535 g/mol. The lowest BCUT2D eigenvalue weighted by atomic mass is 9.89. The van der Waals surface area contributed by atoms with Gasteiger partial charge in [-0.15, -0.1) is 11.8 Å². The van der Waals surface area contributed by atoms with Crippen LogP contribution in [0.5, 0.6) is 0 Å². The molecule has 1 fully saturated rings. The number of hydrogen-bond donors (Lipinski definition) is 1. The standard InChI is InChI=1S/C25H33N3O8S/c1-5-6-20(29)26-23-24(17(4)15-37-12-11-21(30)36-16(2)3)27(25(23)32)13-22(31)35-14-18-7-9-19(10-8-18)28(33)34/h7-10,15-16,23-24H,5-6,11-14H2,1-4H3,(H,26,29). The van der Waals surface area contributed by atoms with E-state index in [1.807, 2.05) is 12.3 Å². The maximum atomic E-state index is 12.8. The summed E-state index contributed by atoms with van der Waals surface area (Å²) in [5, 5.41) is 15.3. The van der Waals surface area contributed by atoms with Crippen molar-refractivity contribution < 1.29 is 33.6 Å². The van der Waals surface area contributed by atoms with Gasteiger partial charge in [0.15, 0.2) is 0 Å². The molecule has 2 rings (SSSR count). The van der Waals surface area contributed by atoms with Gasteiger partial charge in [-0.05, 0) is 55.9 Å². The fourth-order valence-corrected chi connectivity index (χ4v) is 4.44. The van der Waals surface area contributed by atoms with Crippen LogP contribution in [0, 0.1) is 10.1 Å². The van der Waals surface area contributed by atoms with Crippen LogP contribution in [-0.2, 0) is 35.3 Å². The van der Waals surface area contributed by atoms with E-state index in [0.717, 1.165) is 5.57 Å². The number of amides is 2. The van der Waals surface area contributed by atoms with Crippen LogP contribution in [0.4, 0.5) is 5.69 Å². The molecule has 1 saturated heterocycles. The molecule has 0 radical (unpaired) electrons. The lowest BCUT2D eigenvalue weighted by Gasteiger charge is -2.47. The molecule has 37 heavy (non-hydrogen) atoms. The summed E-state index contributed by atoms with van der Waals surface area (Å²) in [6.45, 7) is 6.80. The summed E-state index contributed by atoms with van der Waals surface area (Å²) < 4.78 is 10.4. The maximum absolute atomic E-state index is 12.8. The minimum Gasteiger partial charge on any atom is -0.463 e. The highest BCUT2D eigenvalue weighted by atomic mass is 32.2. The zero-order chi connectivity index (χ0) is 27.5. The first-order valence-corrected chi connectivity index (χ1v) is 13.0. The number of nitro benzene ring substituents is 1. The normalized spacial score (nSPS) is 17.3. The van der Waals surface area contributed by atoms with Crippen molar-refractivity contribution in [3.63, 3.8) is 0 Å². The molecule has 1 aliphatic heterocycles. The molecule has 2 unspecified atom stereocenters. The van der Waals surface area contributed by atoms with Crippen LogP contribution in [0.3, 0.4) is 0 Å². The van der Waals surface area contributed by atoms with Gasteiger partial charge in [0, 0.05) is 24.3 Å². The van der Waals surface area contributed by atoms with Crippen LogP contribution in [0.1, 0.15) is 52.5 Å². The van der Waals surface area contributed by atoms with Gasteiger partial charge in [0.05, 0.1) is 23.5 Å². The highest BCUT2D eigenvalue weighted by molar-refractivity contribution is 8.02. The number of ether oxygens (including phenoxy) is 2. The van der Waals surface area contributed by atoms with Gasteiger partial charge in [0.1, 0.15) is 19.2 Å². The van der Waals surface area contributed by atoms with Crippen molar-refractivity contribution in [1.82, 2.24) is 10.2 Å². The number of nitrogens with one attached hydrogen (secondary N) is 1. The fraction of sp³-hybridized carbons (Fsp3) is 0.520. The number of β-lactam (4-membered cyclic amide) rings is 1. The molecule has 11 nitrogen and oxygen atoms in total. The molecule has 0 spiro atoms. The van der Waals surface area contributed by atoms with Gasteiger partial charge in [-0.2, -0.15) is 0 Å². The number of likely N-dealkylation sites (tertiary alicyclic amines) is 1. The molecule has 0 aromatic heterocycles. The van der Waals surface area contributed by atoms with Crippen LogP contribution in [-0.4, -0.2) is 64.1 Å². The lowest BCUT2D eigenvalue weighted by Crippen LogP contribution is -2.71. The molecule has 2 amide bonds. The molecule has 0 bridgehead atoms. The minimum atomic E-state index is -0.788. The second kappa shape index (κ2) is 14.4. The highest BCUT2D eigenvalue weighted by Gasteiger charge is 2.49. The van der Waals surface area contributed by atoms with Crippen molar-refractivity contribution in [2.75, 3.05) is 12.3 Å². The molecule has 0 aliphatic carbocycles. The minimum absolute atomic E-state index is 0.0720. The number of benzene rings is 1. The Morgan fingerprint density at radius 2 is 1.86 bits per heavy atom. The van der Waals surface area contributed by atoms with Crippen LogP contribution in [0.25, 0.3) is 0 Å². The van der Waals surface area contributed by atoms with Gasteiger partial charge < -0.3 is 19.7 Å². The van der Waals surface area contributed by atoms with Crippen molar-refractivity contribution in [2.24, 2.45) is 0 Å². The van der Waals surface area contributed by atoms with E-state index >= 15 is 0 Å². The van der Waals surface area contributed by atoms with E-state index in [0.29, 0.717) is 17.7 Å². The predicted molar refractivity (Wildman–Crippen MR) is 137 cm³/mol.